The summed E-state index contributed by atoms with van der Waals surface area (Å²) in [6, 6.07) is 0. The van der Waals surface area contributed by atoms with Crippen LogP contribution in [0.25, 0.3) is 0 Å². The third kappa shape index (κ3) is 7.33. The van der Waals surface area contributed by atoms with Crippen molar-refractivity contribution in [2.75, 3.05) is 19.8 Å². The summed E-state index contributed by atoms with van der Waals surface area (Å²) in [6.45, 7) is 4.98. The van der Waals surface area contributed by atoms with Gasteiger partial charge in [-0.3, -0.25) is 0 Å². The van der Waals surface area contributed by atoms with Gasteiger partial charge < -0.3 is 84.2 Å². The second-order valence-electron chi connectivity index (χ2n) is 19.1. The van der Waals surface area contributed by atoms with Crippen LogP contribution in [0.15, 0.2) is 11.6 Å². The largest absolute Gasteiger partial charge is 0.458 e. The Morgan fingerprint density at radius 2 is 1.31 bits per heavy atom. The molecule has 0 aromatic carbocycles. The van der Waals surface area contributed by atoms with Crippen molar-refractivity contribution in [2.45, 2.75) is 182 Å². The minimum absolute atomic E-state index is 0.0158. The Labute approximate surface area is 342 Å². The first-order chi connectivity index (χ1) is 27.9. The molecule has 4 heterocycles. The number of ether oxygens (including phenoxy) is 7. The molecule has 4 aliphatic carbocycles. The normalized spacial score (nSPS) is 55.1. The highest BCUT2D eigenvalue weighted by atomic mass is 16.8. The lowest BCUT2D eigenvalue weighted by molar-refractivity contribution is -0.379. The predicted molar refractivity (Wildman–Crippen MR) is 198 cm³/mol. The fraction of sp³-hybridized carbons (Fsp3) is 0.927. The highest BCUT2D eigenvalue weighted by Crippen LogP contribution is 2.70. The summed E-state index contributed by atoms with van der Waals surface area (Å²) in [7, 11) is 0. The van der Waals surface area contributed by atoms with E-state index in [0.717, 1.165) is 50.5 Å². The molecule has 8 rings (SSSR count). The molecular weight excluding hydrogens is 780 g/mol. The monoisotopic (exact) mass is 844 g/mol. The van der Waals surface area contributed by atoms with Crippen LogP contribution in [0.4, 0.5) is 0 Å². The molecule has 3 saturated heterocycles. The molecule has 0 bridgehead atoms. The predicted octanol–water partition coefficient (Wildman–Crippen LogP) is -1.90. The number of fused-ring (bicyclic) bond motifs is 5. The molecule has 10 N–H and O–H groups in total. The molecule has 4 saturated carbocycles. The van der Waals surface area contributed by atoms with Gasteiger partial charge in [-0.05, 0) is 99.4 Å². The van der Waals surface area contributed by atoms with Crippen molar-refractivity contribution in [3.05, 3.63) is 11.6 Å². The summed E-state index contributed by atoms with van der Waals surface area (Å²) in [6.07, 6.45) is -14.1. The summed E-state index contributed by atoms with van der Waals surface area (Å²) in [5, 5.41) is 108. The van der Waals surface area contributed by atoms with Crippen LogP contribution in [0.3, 0.4) is 0 Å². The number of esters is 1. The second kappa shape index (κ2) is 16.6. The second-order valence-corrected chi connectivity index (χ2v) is 19.1. The maximum atomic E-state index is 12.6. The average molecular weight is 845 g/mol. The molecule has 18 heteroatoms. The topological polar surface area (TPSA) is 284 Å². The van der Waals surface area contributed by atoms with Crippen LogP contribution in [-0.4, -0.2) is 181 Å². The number of cyclic esters (lactones) is 1. The van der Waals surface area contributed by atoms with Gasteiger partial charge in [0.05, 0.1) is 31.0 Å². The molecule has 23 atom stereocenters. The Bertz CT molecular complexity index is 1550. The van der Waals surface area contributed by atoms with Crippen LogP contribution < -0.4 is 0 Å². The average Bonchev–Trinajstić information content (AvgIpc) is 3.76. The quantitative estimate of drug-likeness (QED) is 0.0897. The summed E-state index contributed by atoms with van der Waals surface area (Å²) in [5.41, 5.74) is -0.142. The fourth-order valence-electron chi connectivity index (χ4n) is 12.8. The molecule has 336 valence electrons. The summed E-state index contributed by atoms with van der Waals surface area (Å²) in [4.78, 5) is 11.9. The zero-order chi connectivity index (χ0) is 42.3. The van der Waals surface area contributed by atoms with Gasteiger partial charge in [-0.2, -0.15) is 0 Å². The minimum atomic E-state index is -1.84. The Hall–Kier alpha value is -1.43. The van der Waals surface area contributed by atoms with E-state index < -0.39 is 111 Å². The Balaban J connectivity index is 0.864. The van der Waals surface area contributed by atoms with Crippen LogP contribution in [0.1, 0.15) is 78.6 Å². The van der Waals surface area contributed by atoms with Gasteiger partial charge in [0.1, 0.15) is 73.8 Å². The van der Waals surface area contributed by atoms with E-state index in [0.29, 0.717) is 31.3 Å². The van der Waals surface area contributed by atoms with Gasteiger partial charge in [-0.15, -0.1) is 0 Å². The first kappa shape index (κ1) is 44.2. The van der Waals surface area contributed by atoms with E-state index in [-0.39, 0.29) is 34.7 Å². The molecule has 18 nitrogen and oxygen atoms in total. The molecule has 7 fully saturated rings. The van der Waals surface area contributed by atoms with Crippen LogP contribution in [0.5, 0.6) is 0 Å². The van der Waals surface area contributed by atoms with Crippen molar-refractivity contribution in [2.24, 2.45) is 34.5 Å². The highest BCUT2D eigenvalue weighted by Gasteiger charge is 2.68. The first-order valence-electron chi connectivity index (χ1n) is 21.5. The smallest absolute Gasteiger partial charge is 0.331 e. The fourth-order valence-corrected chi connectivity index (χ4v) is 12.8. The molecule has 4 aliphatic heterocycles. The maximum Gasteiger partial charge on any atom is 0.331 e. The maximum absolute atomic E-state index is 12.6. The first-order valence-corrected chi connectivity index (χ1v) is 21.5. The summed E-state index contributed by atoms with van der Waals surface area (Å²) in [5.74, 6) is 0.641. The lowest BCUT2D eigenvalue weighted by atomic mass is 9.43. The Morgan fingerprint density at radius 1 is 0.678 bits per heavy atom. The van der Waals surface area contributed by atoms with Crippen molar-refractivity contribution in [1.29, 1.82) is 0 Å². The molecule has 0 unspecified atom stereocenters. The van der Waals surface area contributed by atoms with Crippen LogP contribution in [0, 0.1) is 34.5 Å². The van der Waals surface area contributed by atoms with Crippen molar-refractivity contribution in [3.8, 4) is 0 Å². The number of aliphatic hydroxyl groups excluding tert-OH is 9. The summed E-state index contributed by atoms with van der Waals surface area (Å²) >= 11 is 0. The Morgan fingerprint density at radius 3 is 1.97 bits per heavy atom. The van der Waals surface area contributed by atoms with Crippen molar-refractivity contribution in [3.63, 3.8) is 0 Å². The highest BCUT2D eigenvalue weighted by molar-refractivity contribution is 5.85. The Kier molecular flexibility index (Phi) is 12.4. The third-order valence-corrected chi connectivity index (χ3v) is 16.3. The molecule has 59 heavy (non-hydrogen) atoms. The molecule has 0 aromatic rings. The van der Waals surface area contributed by atoms with Gasteiger partial charge in [0.25, 0.3) is 0 Å². The lowest BCUT2D eigenvalue weighted by Crippen LogP contribution is -2.66. The molecule has 8 aliphatic rings. The molecule has 0 radical (unpaired) electrons. The van der Waals surface area contributed by atoms with Crippen LogP contribution >= 0.6 is 0 Å². The molecule has 0 aromatic heterocycles. The van der Waals surface area contributed by atoms with Gasteiger partial charge >= 0.3 is 5.97 Å². The molecule has 0 amide bonds. The van der Waals surface area contributed by atoms with Crippen molar-refractivity contribution >= 4 is 5.97 Å². The zero-order valence-electron chi connectivity index (χ0n) is 33.8. The number of hydrogen-bond donors (Lipinski definition) is 10. The van der Waals surface area contributed by atoms with Crippen molar-refractivity contribution < 1.29 is 89.0 Å². The van der Waals surface area contributed by atoms with E-state index in [4.69, 9.17) is 33.2 Å². The van der Waals surface area contributed by atoms with E-state index in [1.54, 1.807) is 13.0 Å². The van der Waals surface area contributed by atoms with Gasteiger partial charge in [-0.1, -0.05) is 13.8 Å². The number of rotatable bonds is 9. The standard InChI is InChI=1S/C41H64O18/c1-17-34(58-38-33(51)30(48)35(25(15-43)57-38)59-37-31(49)28(46)27(45)24(14-42)56-37)29(47)32(50)36(54-17)55-20-6-9-39(2)19(13-20)4-5-23-22(39)7-10-40(3)21(8-11-41(23,40)52)18-12-26(44)53-16-18/h12,17,19-25,27-38,42-43,45-52H,4-11,13-16H2,1-3H3/t17-,19-,20+,21-,22+,23-,24-,25-,27-,28+,29-,30-,31-,32-,33-,34+,35-,36+,37+,38+,39+,40-,41+/m1/s1. The van der Waals surface area contributed by atoms with Crippen LogP contribution in [-0.2, 0) is 38.0 Å². The number of hydrogen-bond acceptors (Lipinski definition) is 18. The summed E-state index contributed by atoms with van der Waals surface area (Å²) < 4.78 is 40.4. The van der Waals surface area contributed by atoms with Gasteiger partial charge in [0, 0.05) is 11.5 Å². The lowest BCUT2D eigenvalue weighted by Gasteiger charge is -2.64. The minimum Gasteiger partial charge on any atom is -0.458 e. The zero-order valence-corrected chi connectivity index (χ0v) is 33.8. The number of carbonyl (C=O) groups is 1. The van der Waals surface area contributed by atoms with Gasteiger partial charge in [0.2, 0.25) is 0 Å². The van der Waals surface area contributed by atoms with Crippen LogP contribution in [0.2, 0.25) is 0 Å². The molecule has 0 spiro atoms. The van der Waals surface area contributed by atoms with E-state index in [1.807, 2.05) is 0 Å². The third-order valence-electron chi connectivity index (χ3n) is 16.3. The van der Waals surface area contributed by atoms with Gasteiger partial charge in [0.15, 0.2) is 18.9 Å². The number of carbonyl (C=O) groups excluding carboxylic acids is 1. The van der Waals surface area contributed by atoms with Crippen molar-refractivity contribution in [1.82, 2.24) is 0 Å². The van der Waals surface area contributed by atoms with Gasteiger partial charge in [-0.25, -0.2) is 4.79 Å². The van der Waals surface area contributed by atoms with E-state index >= 15 is 0 Å². The number of aliphatic hydroxyl groups is 10. The van der Waals surface area contributed by atoms with E-state index in [2.05, 4.69) is 13.8 Å². The SMILES string of the molecule is C[C@H]1O[C@@H](O[C@H]2CC[C@@]3(C)[C@H](CC[C@@H]4[C@@H]3CC[C@]3(C)[C@@H](C5=CC(=O)OC5)CC[C@]43O)C2)[C@H](O)[C@@H](O)[C@H]1O[C@@H]1O[C@H](CO)[C@@H](O[C@@H]2O[C@H](CO)[C@@H](O)[C@H](O)[C@H]2O)[C@H](O)[C@H]1O. The molecular formula is C41H64O18. The van der Waals surface area contributed by atoms with E-state index in [1.165, 1.54) is 0 Å². The van der Waals surface area contributed by atoms with E-state index in [9.17, 15) is 55.9 Å².